The zero-order valence-corrected chi connectivity index (χ0v) is 11.8. The monoisotopic (exact) mass is 272 g/mol. The highest BCUT2D eigenvalue weighted by atomic mass is 16.5. The summed E-state index contributed by atoms with van der Waals surface area (Å²) in [6.45, 7) is 5.19. The molecular weight excluding hydrogens is 252 g/mol. The molecule has 4 rings (SSSR count). The average molecular weight is 272 g/mol. The van der Waals surface area contributed by atoms with Gasteiger partial charge in [0.15, 0.2) is 0 Å². The van der Waals surface area contributed by atoms with Crippen LogP contribution in [0.3, 0.4) is 0 Å². The van der Waals surface area contributed by atoms with Crippen LogP contribution in [0.15, 0.2) is 18.7 Å². The van der Waals surface area contributed by atoms with Gasteiger partial charge >= 0.3 is 0 Å². The van der Waals surface area contributed by atoms with Crippen LogP contribution in [0.5, 0.6) is 0 Å². The van der Waals surface area contributed by atoms with Crippen molar-refractivity contribution in [2.24, 2.45) is 0 Å². The average Bonchev–Trinajstić information content (AvgIpc) is 2.80. The fourth-order valence-electron chi connectivity index (χ4n) is 3.59. The number of fused-ring (bicyclic) bond motifs is 1. The Morgan fingerprint density at radius 1 is 1.50 bits per heavy atom. The smallest absolute Gasteiger partial charge is 0.140 e. The molecule has 106 valence electrons. The van der Waals surface area contributed by atoms with E-state index < -0.39 is 0 Å². The normalized spacial score (nSPS) is 25.9. The predicted molar refractivity (Wildman–Crippen MR) is 76.3 cm³/mol. The van der Waals surface area contributed by atoms with Gasteiger partial charge in [-0.25, -0.2) is 9.97 Å². The number of aromatic nitrogens is 3. The maximum Gasteiger partial charge on any atom is 0.140 e. The third kappa shape index (κ3) is 2.01. The molecule has 1 saturated heterocycles. The Hall–Kier alpha value is -1.46. The molecule has 20 heavy (non-hydrogen) atoms. The second-order valence-corrected chi connectivity index (χ2v) is 6.23. The first kappa shape index (κ1) is 12.3. The van der Waals surface area contributed by atoms with E-state index in [1.54, 1.807) is 6.33 Å². The minimum Gasteiger partial charge on any atom is -0.369 e. The quantitative estimate of drug-likeness (QED) is 0.909. The maximum atomic E-state index is 6.17. The number of nitrogens with zero attached hydrogens (tertiary/aromatic N) is 3. The lowest BCUT2D eigenvalue weighted by atomic mass is 9.78. The molecule has 2 fully saturated rings. The summed E-state index contributed by atoms with van der Waals surface area (Å²) in [5.41, 5.74) is 2.35. The number of aromatic amines is 1. The van der Waals surface area contributed by atoms with Gasteiger partial charge in [-0.2, -0.15) is 0 Å². The number of hydrogen-bond acceptors (Lipinski definition) is 4. The lowest BCUT2D eigenvalue weighted by molar-refractivity contribution is -0.186. The van der Waals surface area contributed by atoms with E-state index in [0.717, 1.165) is 30.7 Å². The number of morpholine rings is 1. The largest absolute Gasteiger partial charge is 0.369 e. The van der Waals surface area contributed by atoms with Crippen molar-refractivity contribution in [1.82, 2.24) is 19.9 Å². The van der Waals surface area contributed by atoms with Crippen LogP contribution in [0.2, 0.25) is 0 Å². The molecule has 0 bridgehead atoms. The second kappa shape index (κ2) is 4.53. The van der Waals surface area contributed by atoms with Gasteiger partial charge in [0, 0.05) is 37.4 Å². The molecule has 1 saturated carbocycles. The van der Waals surface area contributed by atoms with E-state index in [9.17, 15) is 0 Å². The van der Waals surface area contributed by atoms with Crippen LogP contribution in [-0.2, 0) is 11.3 Å². The van der Waals surface area contributed by atoms with Crippen molar-refractivity contribution in [2.75, 3.05) is 13.1 Å². The highest BCUT2D eigenvalue weighted by molar-refractivity contribution is 5.78. The van der Waals surface area contributed by atoms with Gasteiger partial charge in [0.25, 0.3) is 0 Å². The van der Waals surface area contributed by atoms with E-state index >= 15 is 0 Å². The number of rotatable bonds is 2. The standard InChI is InChI=1S/C15H20N4O/c1-11-7-19(9-15(20-11)3-2-4-15)8-12-5-17-14-13(12)6-16-10-18-14/h5-6,10-11H,2-4,7-9H2,1H3,(H,16,17,18). The number of nitrogens with one attached hydrogen (secondary N) is 1. The molecule has 0 aromatic carbocycles. The van der Waals surface area contributed by atoms with Crippen LogP contribution in [-0.4, -0.2) is 44.6 Å². The molecule has 2 aliphatic rings. The van der Waals surface area contributed by atoms with E-state index in [2.05, 4.69) is 33.0 Å². The summed E-state index contributed by atoms with van der Waals surface area (Å²) >= 11 is 0. The van der Waals surface area contributed by atoms with Gasteiger partial charge in [-0.3, -0.25) is 4.90 Å². The van der Waals surface area contributed by atoms with Crippen LogP contribution >= 0.6 is 0 Å². The zero-order chi connectivity index (χ0) is 13.6. The van der Waals surface area contributed by atoms with E-state index in [1.807, 2.05) is 6.20 Å². The predicted octanol–water partition coefficient (Wildman–Crippen LogP) is 2.10. The molecule has 1 spiro atoms. The summed E-state index contributed by atoms with van der Waals surface area (Å²) in [4.78, 5) is 14.1. The summed E-state index contributed by atoms with van der Waals surface area (Å²) in [7, 11) is 0. The highest BCUT2D eigenvalue weighted by Crippen LogP contribution is 2.40. The Kier molecular flexibility index (Phi) is 2.79. The number of ether oxygens (including phenoxy) is 1. The Bertz CT molecular complexity index is 619. The summed E-state index contributed by atoms with van der Waals surface area (Å²) < 4.78 is 6.17. The van der Waals surface area contributed by atoms with Crippen molar-refractivity contribution in [1.29, 1.82) is 0 Å². The topological polar surface area (TPSA) is 54.0 Å². The summed E-state index contributed by atoms with van der Waals surface area (Å²) in [6.07, 6.45) is 9.61. The fourth-order valence-corrected chi connectivity index (χ4v) is 3.59. The molecule has 2 aromatic heterocycles. The first-order chi connectivity index (χ1) is 9.74. The summed E-state index contributed by atoms with van der Waals surface area (Å²) in [6, 6.07) is 0. The van der Waals surface area contributed by atoms with E-state index in [0.29, 0.717) is 6.10 Å². The number of hydrogen-bond donors (Lipinski definition) is 1. The second-order valence-electron chi connectivity index (χ2n) is 6.23. The van der Waals surface area contributed by atoms with E-state index in [-0.39, 0.29) is 5.60 Å². The van der Waals surface area contributed by atoms with Gasteiger partial charge in [0.2, 0.25) is 0 Å². The van der Waals surface area contributed by atoms with Crippen molar-refractivity contribution in [2.45, 2.75) is 44.4 Å². The first-order valence-corrected chi connectivity index (χ1v) is 7.40. The van der Waals surface area contributed by atoms with Crippen molar-refractivity contribution >= 4 is 11.0 Å². The molecule has 3 heterocycles. The SMILES string of the molecule is CC1CN(Cc2c[nH]c3ncncc23)CC2(CCC2)O1. The Labute approximate surface area is 118 Å². The molecule has 1 aliphatic carbocycles. The third-order valence-electron chi connectivity index (χ3n) is 4.58. The number of H-pyrrole nitrogens is 1. The molecule has 1 atom stereocenters. The highest BCUT2D eigenvalue weighted by Gasteiger charge is 2.44. The van der Waals surface area contributed by atoms with Gasteiger partial charge < -0.3 is 9.72 Å². The zero-order valence-electron chi connectivity index (χ0n) is 11.8. The van der Waals surface area contributed by atoms with Crippen molar-refractivity contribution in [3.05, 3.63) is 24.3 Å². The van der Waals surface area contributed by atoms with Gasteiger partial charge in [0.1, 0.15) is 12.0 Å². The molecule has 5 nitrogen and oxygen atoms in total. The lowest BCUT2D eigenvalue weighted by Gasteiger charge is -2.50. The molecule has 0 amide bonds. The van der Waals surface area contributed by atoms with Gasteiger partial charge in [-0.1, -0.05) is 0 Å². The van der Waals surface area contributed by atoms with Crippen molar-refractivity contribution in [3.63, 3.8) is 0 Å². The van der Waals surface area contributed by atoms with Crippen LogP contribution in [0.4, 0.5) is 0 Å². The Morgan fingerprint density at radius 3 is 3.20 bits per heavy atom. The fraction of sp³-hybridized carbons (Fsp3) is 0.600. The molecule has 1 N–H and O–H groups in total. The molecular formula is C15H20N4O. The summed E-state index contributed by atoms with van der Waals surface area (Å²) in [5, 5.41) is 1.13. The Morgan fingerprint density at radius 2 is 2.40 bits per heavy atom. The van der Waals surface area contributed by atoms with Crippen molar-refractivity contribution < 1.29 is 4.74 Å². The van der Waals surface area contributed by atoms with Crippen LogP contribution < -0.4 is 0 Å². The van der Waals surface area contributed by atoms with Crippen LogP contribution in [0.25, 0.3) is 11.0 Å². The minimum absolute atomic E-state index is 0.139. The summed E-state index contributed by atoms with van der Waals surface area (Å²) in [5.74, 6) is 0. The maximum absolute atomic E-state index is 6.17. The van der Waals surface area contributed by atoms with Crippen LogP contribution in [0, 0.1) is 0 Å². The molecule has 1 aliphatic heterocycles. The first-order valence-electron chi connectivity index (χ1n) is 7.40. The van der Waals surface area contributed by atoms with E-state index in [4.69, 9.17) is 4.74 Å². The van der Waals surface area contributed by atoms with Gasteiger partial charge in [-0.05, 0) is 31.7 Å². The van der Waals surface area contributed by atoms with Gasteiger partial charge in [-0.15, -0.1) is 0 Å². The minimum atomic E-state index is 0.139. The van der Waals surface area contributed by atoms with Gasteiger partial charge in [0.05, 0.1) is 11.7 Å². The molecule has 1 unspecified atom stereocenters. The Balaban J connectivity index is 1.56. The van der Waals surface area contributed by atoms with E-state index in [1.165, 1.54) is 24.8 Å². The van der Waals surface area contributed by atoms with Crippen LogP contribution in [0.1, 0.15) is 31.7 Å². The molecule has 0 radical (unpaired) electrons. The lowest BCUT2D eigenvalue weighted by Crippen LogP contribution is -2.57. The molecule has 2 aromatic rings. The van der Waals surface area contributed by atoms with Crippen molar-refractivity contribution in [3.8, 4) is 0 Å². The molecule has 5 heteroatoms. The third-order valence-corrected chi connectivity index (χ3v) is 4.58.